The summed E-state index contributed by atoms with van der Waals surface area (Å²) >= 11 is 1.82. The molecule has 2 aliphatic carbocycles. The summed E-state index contributed by atoms with van der Waals surface area (Å²) in [6.07, 6.45) is 0. The molecule has 0 spiro atoms. The molecule has 0 saturated carbocycles. The number of anilines is 3. The molecule has 0 bridgehead atoms. The lowest BCUT2D eigenvalue weighted by atomic mass is 9.67. The third-order valence-electron chi connectivity index (χ3n) is 13.2. The SMILES string of the molecule is [2H]C([2H])([2H])C1(C([2H])([2H])[2H])c2ccccc2-c2ccc(N(c3ccc(-c4sc(-c5ccccc5)c5c4-c4ccccc4C5(c4ccccc4)c4ccccc4)cc3)c3ccccc3-c3ccccc3)cc21. The summed E-state index contributed by atoms with van der Waals surface area (Å²) in [7, 11) is 0. The van der Waals surface area contributed by atoms with Crippen molar-refractivity contribution < 1.29 is 8.22 Å². The van der Waals surface area contributed by atoms with E-state index in [-0.39, 0.29) is 5.56 Å². The van der Waals surface area contributed by atoms with Crippen LogP contribution in [0.2, 0.25) is 0 Å². The van der Waals surface area contributed by atoms with Crippen molar-refractivity contribution in [3.63, 3.8) is 0 Å². The molecular formula is C62H45NS. The van der Waals surface area contributed by atoms with Crippen LogP contribution in [0.4, 0.5) is 17.1 Å². The highest BCUT2D eigenvalue weighted by atomic mass is 32.1. The second-order valence-electron chi connectivity index (χ2n) is 16.7. The topological polar surface area (TPSA) is 3.24 Å². The molecule has 1 aromatic heterocycles. The maximum absolute atomic E-state index is 8.99. The Morgan fingerprint density at radius 1 is 0.391 bits per heavy atom. The smallest absolute Gasteiger partial charge is 0.0728 e. The van der Waals surface area contributed by atoms with Crippen LogP contribution in [0, 0.1) is 0 Å². The summed E-state index contributed by atoms with van der Waals surface area (Å²) in [5.41, 5.74) is 12.8. The van der Waals surface area contributed by atoms with Crippen molar-refractivity contribution in [2.45, 2.75) is 24.5 Å². The third kappa shape index (κ3) is 5.76. The van der Waals surface area contributed by atoms with E-state index in [1.54, 1.807) is 12.1 Å². The first-order chi connectivity index (χ1) is 34.0. The van der Waals surface area contributed by atoms with Gasteiger partial charge in [0.25, 0.3) is 0 Å². The molecule has 1 heterocycles. The minimum atomic E-state index is -2.90. The van der Waals surface area contributed by atoms with Crippen LogP contribution in [0.15, 0.2) is 237 Å². The third-order valence-corrected chi connectivity index (χ3v) is 14.5. The molecule has 0 amide bonds. The van der Waals surface area contributed by atoms with Crippen molar-refractivity contribution in [2.75, 3.05) is 4.90 Å². The van der Waals surface area contributed by atoms with E-state index in [9.17, 15) is 0 Å². The monoisotopic (exact) mass is 841 g/mol. The minimum Gasteiger partial charge on any atom is -0.310 e. The van der Waals surface area contributed by atoms with E-state index in [0.29, 0.717) is 22.4 Å². The Morgan fingerprint density at radius 3 is 1.55 bits per heavy atom. The van der Waals surface area contributed by atoms with E-state index >= 15 is 0 Å². The Hall–Kier alpha value is -7.52. The second-order valence-corrected chi connectivity index (χ2v) is 17.7. The van der Waals surface area contributed by atoms with Crippen LogP contribution in [0.5, 0.6) is 0 Å². The van der Waals surface area contributed by atoms with Gasteiger partial charge in [-0.15, -0.1) is 11.3 Å². The first-order valence-corrected chi connectivity index (χ1v) is 22.6. The highest BCUT2D eigenvalue weighted by molar-refractivity contribution is 7.19. The zero-order valence-electron chi connectivity index (χ0n) is 40.9. The molecule has 2 heteroatoms. The van der Waals surface area contributed by atoms with Crippen molar-refractivity contribution in [1.29, 1.82) is 0 Å². The lowest BCUT2D eigenvalue weighted by Gasteiger charge is -2.34. The van der Waals surface area contributed by atoms with Crippen LogP contribution in [-0.4, -0.2) is 0 Å². The molecule has 0 unspecified atom stereocenters. The van der Waals surface area contributed by atoms with Gasteiger partial charge in [-0.05, 0) is 97.1 Å². The van der Waals surface area contributed by atoms with Gasteiger partial charge in [-0.2, -0.15) is 0 Å². The van der Waals surface area contributed by atoms with E-state index in [2.05, 4.69) is 169 Å². The van der Waals surface area contributed by atoms with Crippen LogP contribution >= 0.6 is 11.3 Å². The van der Waals surface area contributed by atoms with Gasteiger partial charge < -0.3 is 4.90 Å². The van der Waals surface area contributed by atoms with Gasteiger partial charge in [-0.25, -0.2) is 0 Å². The fraction of sp³-hybridized carbons (Fsp3) is 0.0645. The van der Waals surface area contributed by atoms with Crippen LogP contribution in [-0.2, 0) is 10.8 Å². The molecule has 12 rings (SSSR count). The largest absolute Gasteiger partial charge is 0.310 e. The predicted molar refractivity (Wildman–Crippen MR) is 270 cm³/mol. The van der Waals surface area contributed by atoms with Gasteiger partial charge in [0.2, 0.25) is 0 Å². The number of rotatable bonds is 8. The molecular weight excluding hydrogens is 791 g/mol. The second kappa shape index (κ2) is 15.1. The highest BCUT2D eigenvalue weighted by Crippen LogP contribution is 2.64. The predicted octanol–water partition coefficient (Wildman–Crippen LogP) is 16.9. The zero-order chi connectivity index (χ0) is 47.8. The number of thiophene rings is 1. The van der Waals surface area contributed by atoms with Gasteiger partial charge >= 0.3 is 0 Å². The van der Waals surface area contributed by atoms with Crippen molar-refractivity contribution in [3.8, 4) is 54.3 Å². The highest BCUT2D eigenvalue weighted by Gasteiger charge is 2.50. The van der Waals surface area contributed by atoms with E-state index < -0.39 is 24.5 Å². The molecule has 10 aromatic rings. The molecule has 304 valence electrons. The van der Waals surface area contributed by atoms with Crippen LogP contribution in [0.3, 0.4) is 0 Å². The normalized spacial score (nSPS) is 15.5. The Labute approximate surface area is 388 Å². The maximum Gasteiger partial charge on any atom is 0.0728 e. The van der Waals surface area contributed by atoms with Crippen molar-refractivity contribution in [2.24, 2.45) is 0 Å². The summed E-state index contributed by atoms with van der Waals surface area (Å²) in [6.45, 7) is -5.80. The number of para-hydroxylation sites is 1. The average Bonchev–Trinajstić information content (AvgIpc) is 4.04. The fourth-order valence-corrected chi connectivity index (χ4v) is 11.9. The van der Waals surface area contributed by atoms with E-state index in [1.807, 2.05) is 72.0 Å². The number of benzene rings is 9. The molecule has 0 fully saturated rings. The number of fused-ring (bicyclic) bond motifs is 6. The quantitative estimate of drug-likeness (QED) is 0.147. The number of hydrogen-bond acceptors (Lipinski definition) is 2. The van der Waals surface area contributed by atoms with Gasteiger partial charge in [-0.1, -0.05) is 220 Å². The van der Waals surface area contributed by atoms with Crippen molar-refractivity contribution in [1.82, 2.24) is 0 Å². The van der Waals surface area contributed by atoms with Crippen LogP contribution in [0.1, 0.15) is 55.3 Å². The van der Waals surface area contributed by atoms with Gasteiger partial charge in [0.15, 0.2) is 0 Å². The Bertz CT molecular complexity index is 3510. The van der Waals surface area contributed by atoms with Crippen molar-refractivity contribution >= 4 is 28.4 Å². The molecule has 0 N–H and O–H groups in total. The summed E-state index contributed by atoms with van der Waals surface area (Å²) in [4.78, 5) is 4.51. The fourth-order valence-electron chi connectivity index (χ4n) is 10.5. The molecule has 64 heavy (non-hydrogen) atoms. The molecule has 2 aliphatic rings. The standard InChI is InChI=1S/C62H45NS/c1-61(2)53-32-18-15-30-50(53)51-40-39-48(41-55(51)61)63(56-34-20-17-29-49(56)42-21-7-3-8-22-42)47-37-35-44(36-38-47)59-57-52-31-16-19-33-54(52)62(45-25-11-5-12-26-45,46-27-13-6-14-28-46)58(57)60(64-59)43-23-9-4-10-24-43/h3-41H,1-2H3/i1D3,2D3. The lowest BCUT2D eigenvalue weighted by Crippen LogP contribution is -2.28. The summed E-state index contributed by atoms with van der Waals surface area (Å²) in [5.74, 6) is 0. The summed E-state index contributed by atoms with van der Waals surface area (Å²) < 4.78 is 53.9. The molecule has 9 aromatic carbocycles. The first kappa shape index (κ1) is 32.2. The van der Waals surface area contributed by atoms with Gasteiger partial charge in [0.1, 0.15) is 0 Å². The van der Waals surface area contributed by atoms with Gasteiger partial charge in [0, 0.05) is 45.9 Å². The molecule has 0 saturated heterocycles. The lowest BCUT2D eigenvalue weighted by molar-refractivity contribution is 0.660. The summed E-state index contributed by atoms with van der Waals surface area (Å²) in [5, 5.41) is 0. The molecule has 0 atom stereocenters. The zero-order valence-corrected chi connectivity index (χ0v) is 35.7. The Balaban J connectivity index is 1.09. The van der Waals surface area contributed by atoms with Crippen LogP contribution in [0.25, 0.3) is 54.3 Å². The molecule has 0 radical (unpaired) electrons. The van der Waals surface area contributed by atoms with Gasteiger partial charge in [-0.3, -0.25) is 0 Å². The van der Waals surface area contributed by atoms with E-state index in [4.69, 9.17) is 8.22 Å². The molecule has 0 aliphatic heterocycles. The van der Waals surface area contributed by atoms with Crippen LogP contribution < -0.4 is 4.90 Å². The first-order valence-electron chi connectivity index (χ1n) is 24.8. The number of nitrogens with zero attached hydrogens (tertiary/aromatic N) is 1. The van der Waals surface area contributed by atoms with E-state index in [1.165, 1.54) is 38.3 Å². The van der Waals surface area contributed by atoms with Gasteiger partial charge in [0.05, 0.1) is 11.1 Å². The Kier molecular flexibility index (Phi) is 7.59. The minimum absolute atomic E-state index is 0.270. The van der Waals surface area contributed by atoms with Crippen molar-refractivity contribution in [3.05, 3.63) is 270 Å². The van der Waals surface area contributed by atoms with E-state index in [0.717, 1.165) is 38.5 Å². The molecule has 1 nitrogen and oxygen atoms in total. The number of hydrogen-bond donors (Lipinski definition) is 0. The average molecular weight is 842 g/mol. The maximum atomic E-state index is 8.99. The summed E-state index contributed by atoms with van der Waals surface area (Å²) in [6, 6.07) is 81.2. The Morgan fingerprint density at radius 2 is 0.891 bits per heavy atom.